The molecule has 7 nitrogen and oxygen atoms in total. The second-order valence-corrected chi connectivity index (χ2v) is 10.5. The van der Waals surface area contributed by atoms with Crippen molar-refractivity contribution in [1.29, 1.82) is 0 Å². The average molecular weight is 502 g/mol. The first kappa shape index (κ1) is 25.5. The third-order valence-corrected chi connectivity index (χ3v) is 7.84. The number of hydrogen-bond donors (Lipinski definition) is 1. The zero-order valence-electron chi connectivity index (χ0n) is 21.9. The van der Waals surface area contributed by atoms with Crippen molar-refractivity contribution in [3.63, 3.8) is 0 Å². The van der Waals surface area contributed by atoms with Gasteiger partial charge in [0, 0.05) is 57.9 Å². The van der Waals surface area contributed by atoms with Gasteiger partial charge in [0.25, 0.3) is 0 Å². The Morgan fingerprint density at radius 3 is 2.51 bits per heavy atom. The van der Waals surface area contributed by atoms with Gasteiger partial charge in [0.2, 0.25) is 5.91 Å². The van der Waals surface area contributed by atoms with Crippen LogP contribution in [0.15, 0.2) is 71.3 Å². The van der Waals surface area contributed by atoms with Gasteiger partial charge in [-0.3, -0.25) is 9.69 Å². The van der Waals surface area contributed by atoms with E-state index >= 15 is 0 Å². The zero-order valence-corrected chi connectivity index (χ0v) is 21.9. The molecule has 3 heterocycles. The standard InChI is InChI=1S/C30H39N5O2/c1-33(28-10-6-3-7-11-28)23-29-20-27(32-37-29)18-26-21-31-13-12-25(26)19-30(36)35-16-14-34(15-17-35)22-24-8-4-2-5-9-24/h2-11,20,25-26,31H,12-19,21-23H2,1H3/t25-,26+/m0/s1. The average Bonchev–Trinajstić information content (AvgIpc) is 3.37. The lowest BCUT2D eigenvalue weighted by molar-refractivity contribution is -0.134. The molecule has 2 fully saturated rings. The predicted octanol–water partition coefficient (Wildman–Crippen LogP) is 3.81. The largest absolute Gasteiger partial charge is 0.367 e. The smallest absolute Gasteiger partial charge is 0.222 e. The molecule has 0 saturated carbocycles. The fourth-order valence-corrected chi connectivity index (χ4v) is 5.64. The fourth-order valence-electron chi connectivity index (χ4n) is 5.64. The van der Waals surface area contributed by atoms with Crippen LogP contribution in [0.4, 0.5) is 5.69 Å². The number of amides is 1. The number of nitrogens with zero attached hydrogens (tertiary/aromatic N) is 4. The van der Waals surface area contributed by atoms with Gasteiger partial charge in [-0.15, -0.1) is 0 Å². The molecule has 2 atom stereocenters. The molecule has 2 aliphatic heterocycles. The van der Waals surface area contributed by atoms with Crippen LogP contribution in [0.25, 0.3) is 0 Å². The Bertz CT molecular complexity index is 1110. The number of nitrogens with one attached hydrogen (secondary N) is 1. The molecule has 2 aromatic carbocycles. The van der Waals surface area contributed by atoms with E-state index in [4.69, 9.17) is 4.52 Å². The van der Waals surface area contributed by atoms with E-state index in [2.05, 4.69) is 80.8 Å². The molecule has 2 aliphatic rings. The minimum atomic E-state index is 0.307. The maximum Gasteiger partial charge on any atom is 0.222 e. The molecule has 0 bridgehead atoms. The molecular weight excluding hydrogens is 462 g/mol. The summed E-state index contributed by atoms with van der Waals surface area (Å²) < 4.78 is 5.67. The van der Waals surface area contributed by atoms with Crippen LogP contribution in [0.5, 0.6) is 0 Å². The molecule has 1 aromatic heterocycles. The van der Waals surface area contributed by atoms with Crippen molar-refractivity contribution in [2.24, 2.45) is 11.8 Å². The molecule has 3 aromatic rings. The topological polar surface area (TPSA) is 64.9 Å². The highest BCUT2D eigenvalue weighted by Gasteiger charge is 2.30. The molecule has 7 heteroatoms. The molecule has 0 radical (unpaired) electrons. The summed E-state index contributed by atoms with van der Waals surface area (Å²) in [6.07, 6.45) is 2.51. The second-order valence-electron chi connectivity index (χ2n) is 10.5. The summed E-state index contributed by atoms with van der Waals surface area (Å²) in [4.78, 5) is 19.9. The van der Waals surface area contributed by atoms with Crippen LogP contribution in [0.2, 0.25) is 0 Å². The van der Waals surface area contributed by atoms with Gasteiger partial charge in [-0.25, -0.2) is 0 Å². The van der Waals surface area contributed by atoms with E-state index in [9.17, 15) is 4.79 Å². The fraction of sp³-hybridized carbons (Fsp3) is 0.467. The minimum Gasteiger partial charge on any atom is -0.367 e. The van der Waals surface area contributed by atoms with Gasteiger partial charge in [0.1, 0.15) is 0 Å². The molecule has 2 saturated heterocycles. The maximum absolute atomic E-state index is 13.2. The van der Waals surface area contributed by atoms with Gasteiger partial charge >= 0.3 is 0 Å². The normalized spacial score (nSPS) is 20.6. The number of aromatic nitrogens is 1. The number of anilines is 1. The third-order valence-electron chi connectivity index (χ3n) is 7.84. The predicted molar refractivity (Wildman–Crippen MR) is 146 cm³/mol. The summed E-state index contributed by atoms with van der Waals surface area (Å²) in [6, 6.07) is 23.0. The van der Waals surface area contributed by atoms with Gasteiger partial charge < -0.3 is 19.6 Å². The van der Waals surface area contributed by atoms with E-state index in [1.807, 2.05) is 18.2 Å². The number of carbonyl (C=O) groups excluding carboxylic acids is 1. The van der Waals surface area contributed by atoms with Crippen LogP contribution < -0.4 is 10.2 Å². The van der Waals surface area contributed by atoms with Gasteiger partial charge in [-0.1, -0.05) is 53.7 Å². The van der Waals surface area contributed by atoms with Crippen molar-refractivity contribution in [2.45, 2.75) is 32.4 Å². The Kier molecular flexibility index (Phi) is 8.53. The summed E-state index contributed by atoms with van der Waals surface area (Å²) in [6.45, 7) is 7.06. The summed E-state index contributed by atoms with van der Waals surface area (Å²) >= 11 is 0. The summed E-state index contributed by atoms with van der Waals surface area (Å²) in [5, 5.41) is 7.90. The highest BCUT2D eigenvalue weighted by Crippen LogP contribution is 2.27. The molecule has 196 valence electrons. The Morgan fingerprint density at radius 1 is 1.03 bits per heavy atom. The minimum absolute atomic E-state index is 0.307. The van der Waals surface area contributed by atoms with Crippen molar-refractivity contribution in [2.75, 3.05) is 51.2 Å². The van der Waals surface area contributed by atoms with E-state index in [1.54, 1.807) is 0 Å². The first-order valence-corrected chi connectivity index (χ1v) is 13.6. The maximum atomic E-state index is 13.2. The number of piperazine rings is 1. The lowest BCUT2D eigenvalue weighted by atomic mass is 9.81. The number of hydrogen-bond acceptors (Lipinski definition) is 6. The molecule has 1 N–H and O–H groups in total. The number of rotatable bonds is 9. The summed E-state index contributed by atoms with van der Waals surface area (Å²) in [5.74, 6) is 1.94. The number of para-hydroxylation sites is 1. The molecule has 0 spiro atoms. The van der Waals surface area contributed by atoms with Gasteiger partial charge in [0.15, 0.2) is 5.76 Å². The molecule has 37 heavy (non-hydrogen) atoms. The Balaban J connectivity index is 1.11. The number of piperidine rings is 1. The Morgan fingerprint density at radius 2 is 1.76 bits per heavy atom. The number of carbonyl (C=O) groups is 1. The Labute approximate surface area is 220 Å². The van der Waals surface area contributed by atoms with Gasteiger partial charge in [0.05, 0.1) is 12.2 Å². The van der Waals surface area contributed by atoms with E-state index in [0.29, 0.717) is 30.7 Å². The molecule has 0 aliphatic carbocycles. The van der Waals surface area contributed by atoms with E-state index < -0.39 is 0 Å². The summed E-state index contributed by atoms with van der Waals surface area (Å²) in [5.41, 5.74) is 3.47. The molecule has 5 rings (SSSR count). The van der Waals surface area contributed by atoms with E-state index in [0.717, 1.165) is 75.8 Å². The third kappa shape index (κ3) is 6.99. The summed E-state index contributed by atoms with van der Waals surface area (Å²) in [7, 11) is 2.06. The lowest BCUT2D eigenvalue weighted by Crippen LogP contribution is -2.49. The van der Waals surface area contributed by atoms with Crippen molar-refractivity contribution in [3.8, 4) is 0 Å². The van der Waals surface area contributed by atoms with Gasteiger partial charge in [-0.2, -0.15) is 0 Å². The van der Waals surface area contributed by atoms with Crippen LogP contribution >= 0.6 is 0 Å². The second kappa shape index (κ2) is 12.4. The Hall–Kier alpha value is -3.16. The molecule has 0 unspecified atom stereocenters. The van der Waals surface area contributed by atoms with Crippen molar-refractivity contribution >= 4 is 11.6 Å². The van der Waals surface area contributed by atoms with Crippen molar-refractivity contribution in [1.82, 2.24) is 20.3 Å². The SMILES string of the molecule is CN(Cc1cc(C[C@@H]2CNCC[C@H]2CC(=O)N2CCN(Cc3ccccc3)CC2)no1)c1ccccc1. The zero-order chi connectivity index (χ0) is 25.5. The molecular formula is C30H39N5O2. The monoisotopic (exact) mass is 501 g/mol. The van der Waals surface area contributed by atoms with Crippen LogP contribution in [0, 0.1) is 11.8 Å². The van der Waals surface area contributed by atoms with Crippen molar-refractivity contribution in [3.05, 3.63) is 83.7 Å². The van der Waals surface area contributed by atoms with Crippen molar-refractivity contribution < 1.29 is 9.32 Å². The first-order valence-electron chi connectivity index (χ1n) is 13.6. The highest BCUT2D eigenvalue weighted by molar-refractivity contribution is 5.76. The molecule has 1 amide bonds. The first-order chi connectivity index (χ1) is 18.1. The van der Waals surface area contributed by atoms with Gasteiger partial charge in [-0.05, 0) is 55.5 Å². The quantitative estimate of drug-likeness (QED) is 0.481. The van der Waals surface area contributed by atoms with Crippen LogP contribution in [0.1, 0.15) is 29.9 Å². The van der Waals surface area contributed by atoms with Crippen LogP contribution in [-0.4, -0.2) is 67.2 Å². The van der Waals surface area contributed by atoms with E-state index in [-0.39, 0.29) is 0 Å². The number of benzene rings is 2. The van der Waals surface area contributed by atoms with Crippen LogP contribution in [-0.2, 0) is 24.3 Å². The highest BCUT2D eigenvalue weighted by atomic mass is 16.5. The lowest BCUT2D eigenvalue weighted by Gasteiger charge is -2.37. The van der Waals surface area contributed by atoms with E-state index in [1.165, 1.54) is 5.56 Å². The van der Waals surface area contributed by atoms with Crippen LogP contribution in [0.3, 0.4) is 0 Å².